The van der Waals surface area contributed by atoms with Crippen LogP contribution in [0.3, 0.4) is 0 Å². The summed E-state index contributed by atoms with van der Waals surface area (Å²) in [5, 5.41) is 13.3. The molecule has 0 atom stereocenters. The number of nitrogens with zero attached hydrogens (tertiary/aromatic N) is 1. The van der Waals surface area contributed by atoms with Crippen molar-refractivity contribution in [2.45, 2.75) is 20.8 Å². The van der Waals surface area contributed by atoms with Gasteiger partial charge in [-0.05, 0) is 43.5 Å². The third kappa shape index (κ3) is 4.41. The van der Waals surface area contributed by atoms with E-state index in [0.29, 0.717) is 16.8 Å². The van der Waals surface area contributed by atoms with Crippen LogP contribution in [0.1, 0.15) is 27.0 Å². The SMILES string of the molecule is Cc1ccc([N+](=O)[O-])cc1NC(=O)COC(=O)c1cccc(C)c1C. The van der Waals surface area contributed by atoms with Crippen LogP contribution >= 0.6 is 0 Å². The minimum Gasteiger partial charge on any atom is -0.452 e. The molecule has 0 aliphatic heterocycles. The molecule has 0 heterocycles. The van der Waals surface area contributed by atoms with Crippen molar-refractivity contribution in [2.75, 3.05) is 11.9 Å². The predicted octanol–water partition coefficient (Wildman–Crippen LogP) is 3.32. The minimum absolute atomic E-state index is 0.131. The van der Waals surface area contributed by atoms with Gasteiger partial charge < -0.3 is 10.1 Å². The van der Waals surface area contributed by atoms with Gasteiger partial charge in [0.1, 0.15) is 0 Å². The number of hydrogen-bond acceptors (Lipinski definition) is 5. The number of esters is 1. The van der Waals surface area contributed by atoms with Crippen molar-refractivity contribution in [1.29, 1.82) is 0 Å². The maximum Gasteiger partial charge on any atom is 0.338 e. The Morgan fingerprint density at radius 2 is 1.84 bits per heavy atom. The molecule has 2 aromatic carbocycles. The number of non-ortho nitro benzene ring substituents is 1. The van der Waals surface area contributed by atoms with Gasteiger partial charge in [-0.25, -0.2) is 4.79 Å². The van der Waals surface area contributed by atoms with Gasteiger partial charge in [-0.1, -0.05) is 18.2 Å². The number of nitro groups is 1. The number of carbonyl (C=O) groups is 2. The zero-order valence-corrected chi connectivity index (χ0v) is 14.2. The van der Waals surface area contributed by atoms with Crippen LogP contribution < -0.4 is 5.32 Å². The average molecular weight is 342 g/mol. The molecule has 0 bridgehead atoms. The Kier molecular flexibility index (Phi) is 5.49. The summed E-state index contributed by atoms with van der Waals surface area (Å²) < 4.78 is 5.03. The molecule has 0 radical (unpaired) electrons. The number of ether oxygens (including phenoxy) is 1. The fourth-order valence-electron chi connectivity index (χ4n) is 2.23. The lowest BCUT2D eigenvalue weighted by molar-refractivity contribution is -0.384. The molecular formula is C18H18N2O5. The van der Waals surface area contributed by atoms with E-state index in [-0.39, 0.29) is 5.69 Å². The lowest BCUT2D eigenvalue weighted by Crippen LogP contribution is -2.21. The number of carbonyl (C=O) groups excluding carboxylic acids is 2. The van der Waals surface area contributed by atoms with Crippen LogP contribution in [0.4, 0.5) is 11.4 Å². The Morgan fingerprint density at radius 3 is 2.52 bits per heavy atom. The second kappa shape index (κ2) is 7.57. The van der Waals surface area contributed by atoms with Crippen LogP contribution in [0.2, 0.25) is 0 Å². The number of hydrogen-bond donors (Lipinski definition) is 1. The molecule has 0 aliphatic carbocycles. The van der Waals surface area contributed by atoms with E-state index in [1.807, 2.05) is 13.0 Å². The maximum absolute atomic E-state index is 12.1. The summed E-state index contributed by atoms with van der Waals surface area (Å²) in [5.74, 6) is -1.16. The number of nitro benzene ring substituents is 1. The van der Waals surface area contributed by atoms with Crippen LogP contribution in [0.15, 0.2) is 36.4 Å². The van der Waals surface area contributed by atoms with E-state index in [0.717, 1.165) is 11.1 Å². The van der Waals surface area contributed by atoms with E-state index in [4.69, 9.17) is 4.74 Å². The number of aryl methyl sites for hydroxylation is 2. The van der Waals surface area contributed by atoms with Crippen molar-refractivity contribution in [1.82, 2.24) is 0 Å². The monoisotopic (exact) mass is 342 g/mol. The zero-order chi connectivity index (χ0) is 18.6. The molecular weight excluding hydrogens is 324 g/mol. The number of nitrogens with one attached hydrogen (secondary N) is 1. The summed E-state index contributed by atoms with van der Waals surface area (Å²) in [6, 6.07) is 9.41. The average Bonchev–Trinajstić information content (AvgIpc) is 2.57. The molecule has 1 N–H and O–H groups in total. The lowest BCUT2D eigenvalue weighted by Gasteiger charge is -2.10. The standard InChI is InChI=1S/C18H18N2O5/c1-11-5-4-6-15(13(11)3)18(22)25-10-17(21)19-16-9-14(20(23)24)8-7-12(16)2/h4-9H,10H2,1-3H3,(H,19,21). The Morgan fingerprint density at radius 1 is 1.12 bits per heavy atom. The van der Waals surface area contributed by atoms with Crippen molar-refractivity contribution in [3.05, 3.63) is 68.8 Å². The van der Waals surface area contributed by atoms with Gasteiger partial charge in [0, 0.05) is 12.1 Å². The summed E-state index contributed by atoms with van der Waals surface area (Å²) in [5.41, 5.74) is 2.99. The lowest BCUT2D eigenvalue weighted by atomic mass is 10.0. The van der Waals surface area contributed by atoms with Gasteiger partial charge in [-0.2, -0.15) is 0 Å². The normalized spacial score (nSPS) is 10.2. The third-order valence-corrected chi connectivity index (χ3v) is 3.86. The molecule has 0 fully saturated rings. The predicted molar refractivity (Wildman–Crippen MR) is 92.7 cm³/mol. The number of anilines is 1. The summed E-state index contributed by atoms with van der Waals surface area (Å²) in [4.78, 5) is 34.3. The van der Waals surface area contributed by atoms with Gasteiger partial charge in [0.2, 0.25) is 0 Å². The summed E-state index contributed by atoms with van der Waals surface area (Å²) in [6.45, 7) is 4.91. The second-order valence-corrected chi connectivity index (χ2v) is 5.63. The summed E-state index contributed by atoms with van der Waals surface area (Å²) >= 11 is 0. The quantitative estimate of drug-likeness (QED) is 0.510. The van der Waals surface area contributed by atoms with Gasteiger partial charge >= 0.3 is 5.97 Å². The van der Waals surface area contributed by atoms with E-state index in [9.17, 15) is 19.7 Å². The highest BCUT2D eigenvalue weighted by molar-refractivity contribution is 5.96. The van der Waals surface area contributed by atoms with Gasteiger partial charge in [0.15, 0.2) is 6.61 Å². The molecule has 7 heteroatoms. The molecule has 0 aliphatic rings. The molecule has 0 spiro atoms. The Balaban J connectivity index is 2.01. The van der Waals surface area contributed by atoms with Crippen LogP contribution in [0.5, 0.6) is 0 Å². The van der Waals surface area contributed by atoms with Gasteiger partial charge in [-0.15, -0.1) is 0 Å². The molecule has 0 saturated heterocycles. The molecule has 0 aromatic heterocycles. The summed E-state index contributed by atoms with van der Waals surface area (Å²) in [6.07, 6.45) is 0. The van der Waals surface area contributed by atoms with E-state index in [1.165, 1.54) is 18.2 Å². The highest BCUT2D eigenvalue weighted by Gasteiger charge is 2.15. The highest BCUT2D eigenvalue weighted by atomic mass is 16.6. The first-order chi connectivity index (χ1) is 11.8. The number of amides is 1. The molecule has 2 rings (SSSR count). The number of rotatable bonds is 5. The topological polar surface area (TPSA) is 98.5 Å². The molecule has 25 heavy (non-hydrogen) atoms. The van der Waals surface area contributed by atoms with Gasteiger partial charge in [0.25, 0.3) is 11.6 Å². The van der Waals surface area contributed by atoms with Crippen molar-refractivity contribution in [2.24, 2.45) is 0 Å². The van der Waals surface area contributed by atoms with Crippen LogP contribution in [0.25, 0.3) is 0 Å². The molecule has 7 nitrogen and oxygen atoms in total. The van der Waals surface area contributed by atoms with E-state index < -0.39 is 23.4 Å². The van der Waals surface area contributed by atoms with Crippen LogP contribution in [-0.4, -0.2) is 23.4 Å². The number of benzene rings is 2. The largest absolute Gasteiger partial charge is 0.452 e. The third-order valence-electron chi connectivity index (χ3n) is 3.86. The summed E-state index contributed by atoms with van der Waals surface area (Å²) in [7, 11) is 0. The fourth-order valence-corrected chi connectivity index (χ4v) is 2.23. The molecule has 1 amide bonds. The first-order valence-corrected chi connectivity index (χ1v) is 7.58. The minimum atomic E-state index is -0.591. The Labute approximate surface area is 144 Å². The highest BCUT2D eigenvalue weighted by Crippen LogP contribution is 2.21. The van der Waals surface area contributed by atoms with E-state index >= 15 is 0 Å². The molecule has 0 saturated carbocycles. The molecule has 130 valence electrons. The van der Waals surface area contributed by atoms with Crippen molar-refractivity contribution >= 4 is 23.3 Å². The first-order valence-electron chi connectivity index (χ1n) is 7.58. The van der Waals surface area contributed by atoms with E-state index in [1.54, 1.807) is 26.0 Å². The Bertz CT molecular complexity index is 845. The first kappa shape index (κ1) is 18.1. The van der Waals surface area contributed by atoms with Crippen molar-refractivity contribution in [3.8, 4) is 0 Å². The zero-order valence-electron chi connectivity index (χ0n) is 14.2. The van der Waals surface area contributed by atoms with Gasteiger partial charge in [0.05, 0.1) is 16.2 Å². The van der Waals surface area contributed by atoms with Crippen LogP contribution in [0, 0.1) is 30.9 Å². The fraction of sp³-hybridized carbons (Fsp3) is 0.222. The van der Waals surface area contributed by atoms with Crippen LogP contribution in [-0.2, 0) is 9.53 Å². The second-order valence-electron chi connectivity index (χ2n) is 5.63. The maximum atomic E-state index is 12.1. The van der Waals surface area contributed by atoms with Crippen molar-refractivity contribution in [3.63, 3.8) is 0 Å². The van der Waals surface area contributed by atoms with E-state index in [2.05, 4.69) is 5.32 Å². The Hall–Kier alpha value is -3.22. The molecule has 0 unspecified atom stereocenters. The van der Waals surface area contributed by atoms with Crippen molar-refractivity contribution < 1.29 is 19.2 Å². The smallest absolute Gasteiger partial charge is 0.338 e. The van der Waals surface area contributed by atoms with Gasteiger partial charge in [-0.3, -0.25) is 14.9 Å². The molecule has 2 aromatic rings.